The fourth-order valence-corrected chi connectivity index (χ4v) is 3.48. The lowest BCUT2D eigenvalue weighted by molar-refractivity contribution is -0.122. The molecule has 1 amide bonds. The predicted octanol–water partition coefficient (Wildman–Crippen LogP) is 4.01. The van der Waals surface area contributed by atoms with E-state index < -0.39 is 0 Å². The number of hydrogen-bond donors (Lipinski definition) is 1. The van der Waals surface area contributed by atoms with Crippen LogP contribution in [0.1, 0.15) is 19.4 Å². The summed E-state index contributed by atoms with van der Waals surface area (Å²) in [4.78, 5) is 18.7. The number of hydrogen-bond acceptors (Lipinski definition) is 4. The number of carbonyl (C=O) groups is 1. The number of rotatable bonds is 3. The van der Waals surface area contributed by atoms with Gasteiger partial charge in [0, 0.05) is 23.7 Å². The monoisotopic (exact) mass is 344 g/mol. The van der Waals surface area contributed by atoms with Crippen molar-refractivity contribution < 1.29 is 9.90 Å². The highest BCUT2D eigenvalue weighted by Gasteiger charge is 2.32. The van der Waals surface area contributed by atoms with Crippen LogP contribution in [-0.4, -0.2) is 34.2 Å². The SMILES string of the molecule is CCN=C1S/C(=C\c2cc(Cl)cc(Cl)c2O)C(=O)N1CC. The van der Waals surface area contributed by atoms with Gasteiger partial charge in [-0.1, -0.05) is 23.2 Å². The third-order valence-corrected chi connectivity index (χ3v) is 4.39. The summed E-state index contributed by atoms with van der Waals surface area (Å²) in [6.07, 6.45) is 1.58. The van der Waals surface area contributed by atoms with Crippen LogP contribution in [0.2, 0.25) is 10.0 Å². The second-order valence-electron chi connectivity index (χ2n) is 4.24. The van der Waals surface area contributed by atoms with E-state index in [4.69, 9.17) is 23.2 Å². The van der Waals surface area contributed by atoms with Crippen molar-refractivity contribution in [3.63, 3.8) is 0 Å². The molecule has 1 N–H and O–H groups in total. The van der Waals surface area contributed by atoms with Crippen molar-refractivity contribution >= 4 is 52.1 Å². The lowest BCUT2D eigenvalue weighted by atomic mass is 10.2. The van der Waals surface area contributed by atoms with E-state index in [0.29, 0.717) is 33.7 Å². The van der Waals surface area contributed by atoms with Gasteiger partial charge in [0.1, 0.15) is 5.75 Å². The first-order valence-electron chi connectivity index (χ1n) is 6.41. The molecular formula is C14H14Cl2N2O2S. The summed E-state index contributed by atoms with van der Waals surface area (Å²) < 4.78 is 0. The molecule has 0 unspecified atom stereocenters. The fourth-order valence-electron chi connectivity index (χ4n) is 1.88. The van der Waals surface area contributed by atoms with E-state index in [1.807, 2.05) is 13.8 Å². The predicted molar refractivity (Wildman–Crippen MR) is 89.1 cm³/mol. The molecule has 21 heavy (non-hydrogen) atoms. The van der Waals surface area contributed by atoms with Gasteiger partial charge in [0.25, 0.3) is 5.91 Å². The summed E-state index contributed by atoms with van der Waals surface area (Å²) in [5, 5.41) is 11.2. The Morgan fingerprint density at radius 1 is 1.38 bits per heavy atom. The molecule has 7 heteroatoms. The van der Waals surface area contributed by atoms with Gasteiger partial charge in [-0.05, 0) is 43.8 Å². The van der Waals surface area contributed by atoms with E-state index in [1.54, 1.807) is 17.0 Å². The number of carbonyl (C=O) groups excluding carboxylic acids is 1. The zero-order valence-corrected chi connectivity index (χ0v) is 13.9. The maximum Gasteiger partial charge on any atom is 0.266 e. The molecule has 1 fully saturated rings. The Bertz CT molecular complexity index is 644. The number of phenols is 1. The van der Waals surface area contributed by atoms with Gasteiger partial charge in [0.15, 0.2) is 5.17 Å². The normalized spacial score (nSPS) is 19.0. The van der Waals surface area contributed by atoms with Crippen molar-refractivity contribution in [1.29, 1.82) is 0 Å². The Labute approximate surface area is 137 Å². The van der Waals surface area contributed by atoms with E-state index in [-0.39, 0.29) is 16.7 Å². The number of phenolic OH excluding ortho intramolecular Hbond substituents is 1. The van der Waals surface area contributed by atoms with Crippen LogP contribution in [-0.2, 0) is 4.79 Å². The van der Waals surface area contributed by atoms with Crippen molar-refractivity contribution in [2.75, 3.05) is 13.1 Å². The number of aliphatic imine (C=N–C) groups is 1. The van der Waals surface area contributed by atoms with Gasteiger partial charge in [-0.15, -0.1) is 0 Å². The number of benzene rings is 1. The minimum atomic E-state index is -0.134. The van der Waals surface area contributed by atoms with Crippen molar-refractivity contribution in [2.45, 2.75) is 13.8 Å². The van der Waals surface area contributed by atoms with Crippen molar-refractivity contribution in [3.05, 3.63) is 32.6 Å². The van der Waals surface area contributed by atoms with Crippen molar-refractivity contribution in [2.24, 2.45) is 4.99 Å². The number of amidine groups is 1. The first-order chi connectivity index (χ1) is 9.97. The second kappa shape index (κ2) is 6.73. The summed E-state index contributed by atoms with van der Waals surface area (Å²) in [6.45, 7) is 4.95. The zero-order valence-electron chi connectivity index (χ0n) is 11.6. The minimum Gasteiger partial charge on any atom is -0.506 e. The Balaban J connectivity index is 2.43. The first kappa shape index (κ1) is 16.2. The summed E-state index contributed by atoms with van der Waals surface area (Å²) in [5.41, 5.74) is 0.414. The average molecular weight is 345 g/mol. The highest BCUT2D eigenvalue weighted by atomic mass is 35.5. The molecule has 2 rings (SSSR count). The molecule has 0 bridgehead atoms. The average Bonchev–Trinajstić information content (AvgIpc) is 2.72. The van der Waals surface area contributed by atoms with E-state index in [1.165, 1.54) is 17.8 Å². The molecule has 4 nitrogen and oxygen atoms in total. The second-order valence-corrected chi connectivity index (χ2v) is 6.10. The number of thioether (sulfide) groups is 1. The molecule has 0 aliphatic carbocycles. The minimum absolute atomic E-state index is 0.0918. The fraction of sp³-hybridized carbons (Fsp3) is 0.286. The van der Waals surface area contributed by atoms with Gasteiger partial charge < -0.3 is 5.11 Å². The van der Waals surface area contributed by atoms with Crippen LogP contribution in [0.3, 0.4) is 0 Å². The Morgan fingerprint density at radius 2 is 2.10 bits per heavy atom. The smallest absolute Gasteiger partial charge is 0.266 e. The lowest BCUT2D eigenvalue weighted by Gasteiger charge is -2.11. The van der Waals surface area contributed by atoms with Crippen molar-refractivity contribution in [1.82, 2.24) is 4.90 Å². The van der Waals surface area contributed by atoms with Crippen LogP contribution in [0.4, 0.5) is 0 Å². The highest BCUT2D eigenvalue weighted by Crippen LogP contribution is 2.37. The molecular weight excluding hydrogens is 331 g/mol. The molecule has 0 aromatic heterocycles. The number of nitrogens with zero attached hydrogens (tertiary/aromatic N) is 2. The van der Waals surface area contributed by atoms with Gasteiger partial charge in [0.05, 0.1) is 9.93 Å². The first-order valence-corrected chi connectivity index (χ1v) is 7.99. The van der Waals surface area contributed by atoms with Crippen molar-refractivity contribution in [3.8, 4) is 5.75 Å². The maximum absolute atomic E-state index is 12.3. The molecule has 112 valence electrons. The molecule has 1 heterocycles. The Kier molecular flexibility index (Phi) is 5.19. The molecule has 0 atom stereocenters. The summed E-state index contributed by atoms with van der Waals surface area (Å²) >= 11 is 13.1. The highest BCUT2D eigenvalue weighted by molar-refractivity contribution is 8.18. The topological polar surface area (TPSA) is 52.9 Å². The van der Waals surface area contributed by atoms with E-state index in [2.05, 4.69) is 4.99 Å². The molecule has 0 radical (unpaired) electrons. The third kappa shape index (κ3) is 3.36. The molecule has 1 saturated heterocycles. The molecule has 1 aliphatic heterocycles. The largest absolute Gasteiger partial charge is 0.506 e. The number of halogens is 2. The van der Waals surface area contributed by atoms with Crippen LogP contribution >= 0.6 is 35.0 Å². The number of aromatic hydroxyl groups is 1. The van der Waals surface area contributed by atoms with Gasteiger partial charge >= 0.3 is 0 Å². The van der Waals surface area contributed by atoms with Crippen LogP contribution in [0.5, 0.6) is 5.75 Å². The molecule has 1 aromatic carbocycles. The zero-order chi connectivity index (χ0) is 15.6. The number of likely N-dealkylation sites (N-methyl/N-ethyl adjacent to an activating group) is 1. The number of amides is 1. The summed E-state index contributed by atoms with van der Waals surface area (Å²) in [5.74, 6) is -0.226. The molecule has 1 aromatic rings. The van der Waals surface area contributed by atoms with Gasteiger partial charge in [-0.25, -0.2) is 0 Å². The summed E-state index contributed by atoms with van der Waals surface area (Å²) in [7, 11) is 0. The van der Waals surface area contributed by atoms with Gasteiger partial charge in [0.2, 0.25) is 0 Å². The maximum atomic E-state index is 12.3. The van der Waals surface area contributed by atoms with E-state index in [9.17, 15) is 9.90 Å². The standard InChI is InChI=1S/C14H14Cl2N2O2S/c1-3-17-14-18(4-2)13(20)11(21-14)6-8-5-9(15)7-10(16)12(8)19/h5-7,19H,3-4H2,1-2H3/b11-6-,17-14?. The molecule has 0 spiro atoms. The van der Waals surface area contributed by atoms with Crippen LogP contribution in [0, 0.1) is 0 Å². The van der Waals surface area contributed by atoms with Crippen LogP contribution in [0.15, 0.2) is 22.0 Å². The molecule has 0 saturated carbocycles. The Morgan fingerprint density at radius 3 is 2.71 bits per heavy atom. The Hall–Kier alpha value is -1.17. The lowest BCUT2D eigenvalue weighted by Crippen LogP contribution is -2.28. The summed E-state index contributed by atoms with van der Waals surface area (Å²) in [6, 6.07) is 3.02. The van der Waals surface area contributed by atoms with E-state index in [0.717, 1.165) is 0 Å². The van der Waals surface area contributed by atoms with E-state index >= 15 is 0 Å². The third-order valence-electron chi connectivity index (χ3n) is 2.84. The molecule has 1 aliphatic rings. The quantitative estimate of drug-likeness (QED) is 0.842. The van der Waals surface area contributed by atoms with Gasteiger partial charge in [-0.2, -0.15) is 0 Å². The van der Waals surface area contributed by atoms with Gasteiger partial charge in [-0.3, -0.25) is 14.7 Å². The van der Waals surface area contributed by atoms with Crippen LogP contribution < -0.4 is 0 Å². The van der Waals surface area contributed by atoms with Crippen LogP contribution in [0.25, 0.3) is 6.08 Å².